The SMILES string of the molecule is COc1ccccc1N1CCN(Cc2ccc(C(=O)Nc3c(C)cccc3C)cc2)CC1. The zero-order chi connectivity index (χ0) is 22.5. The quantitative estimate of drug-likeness (QED) is 0.606. The summed E-state index contributed by atoms with van der Waals surface area (Å²) in [5.41, 5.74) is 6.10. The second kappa shape index (κ2) is 9.88. The fourth-order valence-corrected chi connectivity index (χ4v) is 4.25. The maximum atomic E-state index is 12.7. The molecule has 1 aliphatic rings. The Hall–Kier alpha value is -3.31. The van der Waals surface area contributed by atoms with Gasteiger partial charge in [0.1, 0.15) is 5.75 Å². The van der Waals surface area contributed by atoms with Crippen LogP contribution < -0.4 is 15.0 Å². The van der Waals surface area contributed by atoms with Crippen molar-refractivity contribution in [3.8, 4) is 5.75 Å². The Balaban J connectivity index is 1.33. The molecule has 5 nitrogen and oxygen atoms in total. The molecule has 32 heavy (non-hydrogen) atoms. The largest absolute Gasteiger partial charge is 0.495 e. The topological polar surface area (TPSA) is 44.8 Å². The summed E-state index contributed by atoms with van der Waals surface area (Å²) in [6.45, 7) is 8.84. The van der Waals surface area contributed by atoms with Crippen LogP contribution >= 0.6 is 0 Å². The molecule has 5 heteroatoms. The molecule has 0 spiro atoms. The molecule has 1 amide bonds. The van der Waals surface area contributed by atoms with Crippen LogP contribution in [0.1, 0.15) is 27.0 Å². The molecule has 166 valence electrons. The highest BCUT2D eigenvalue weighted by molar-refractivity contribution is 6.05. The minimum absolute atomic E-state index is 0.0700. The van der Waals surface area contributed by atoms with Crippen molar-refractivity contribution < 1.29 is 9.53 Å². The maximum Gasteiger partial charge on any atom is 0.255 e. The number of nitrogens with one attached hydrogen (secondary N) is 1. The number of para-hydroxylation sites is 3. The molecule has 3 aromatic rings. The monoisotopic (exact) mass is 429 g/mol. The van der Waals surface area contributed by atoms with Gasteiger partial charge in [-0.25, -0.2) is 0 Å². The Morgan fingerprint density at radius 3 is 2.19 bits per heavy atom. The van der Waals surface area contributed by atoms with Gasteiger partial charge in [-0.15, -0.1) is 0 Å². The average molecular weight is 430 g/mol. The predicted octanol–water partition coefficient (Wildman–Crippen LogP) is 4.89. The number of amides is 1. The minimum Gasteiger partial charge on any atom is -0.495 e. The lowest BCUT2D eigenvalue weighted by atomic mass is 10.1. The number of piperazine rings is 1. The van der Waals surface area contributed by atoms with Crippen molar-refractivity contribution in [3.63, 3.8) is 0 Å². The number of rotatable bonds is 6. The van der Waals surface area contributed by atoms with Gasteiger partial charge < -0.3 is 15.0 Å². The first-order chi connectivity index (χ1) is 15.5. The third-order valence-corrected chi connectivity index (χ3v) is 6.14. The molecule has 0 aliphatic carbocycles. The van der Waals surface area contributed by atoms with E-state index in [1.165, 1.54) is 5.56 Å². The standard InChI is InChI=1S/C27H31N3O2/c1-20-7-6-8-21(2)26(20)28-27(31)23-13-11-22(12-14-23)19-29-15-17-30(18-16-29)24-9-4-5-10-25(24)32-3/h4-14H,15-19H2,1-3H3,(H,28,31). The van der Waals surface area contributed by atoms with Crippen LogP contribution in [-0.4, -0.2) is 44.1 Å². The Morgan fingerprint density at radius 2 is 1.53 bits per heavy atom. The molecule has 0 atom stereocenters. The Labute approximate surface area is 190 Å². The van der Waals surface area contributed by atoms with Crippen molar-refractivity contribution in [2.45, 2.75) is 20.4 Å². The van der Waals surface area contributed by atoms with Crippen LogP contribution in [0.3, 0.4) is 0 Å². The Bertz CT molecular complexity index is 1050. The van der Waals surface area contributed by atoms with E-state index in [0.717, 1.165) is 61.0 Å². The van der Waals surface area contributed by atoms with Gasteiger partial charge in [-0.05, 0) is 54.8 Å². The molecule has 0 radical (unpaired) electrons. The second-order valence-electron chi connectivity index (χ2n) is 8.35. The summed E-state index contributed by atoms with van der Waals surface area (Å²) in [5.74, 6) is 0.857. The number of benzene rings is 3. The summed E-state index contributed by atoms with van der Waals surface area (Å²) in [7, 11) is 1.72. The van der Waals surface area contributed by atoms with Crippen LogP contribution in [-0.2, 0) is 6.54 Å². The van der Waals surface area contributed by atoms with Gasteiger partial charge >= 0.3 is 0 Å². The number of carbonyl (C=O) groups is 1. The Morgan fingerprint density at radius 1 is 0.875 bits per heavy atom. The number of nitrogens with zero attached hydrogens (tertiary/aromatic N) is 2. The molecule has 0 aromatic heterocycles. The highest BCUT2D eigenvalue weighted by Gasteiger charge is 2.19. The fourth-order valence-electron chi connectivity index (χ4n) is 4.25. The van der Waals surface area contributed by atoms with Crippen LogP contribution in [0, 0.1) is 13.8 Å². The van der Waals surface area contributed by atoms with Crippen molar-refractivity contribution >= 4 is 17.3 Å². The Kier molecular flexibility index (Phi) is 6.76. The van der Waals surface area contributed by atoms with E-state index in [1.54, 1.807) is 7.11 Å². The van der Waals surface area contributed by atoms with Crippen molar-refractivity contribution in [2.75, 3.05) is 43.5 Å². The van der Waals surface area contributed by atoms with Gasteiger partial charge in [-0.2, -0.15) is 0 Å². The van der Waals surface area contributed by atoms with Gasteiger partial charge in [0.15, 0.2) is 0 Å². The number of aryl methyl sites for hydroxylation is 2. The van der Waals surface area contributed by atoms with Crippen molar-refractivity contribution in [1.29, 1.82) is 0 Å². The third kappa shape index (κ3) is 4.94. The van der Waals surface area contributed by atoms with E-state index in [-0.39, 0.29) is 5.91 Å². The zero-order valence-electron chi connectivity index (χ0n) is 19.1. The summed E-state index contributed by atoms with van der Waals surface area (Å²) >= 11 is 0. The van der Waals surface area contributed by atoms with Gasteiger partial charge in [0.25, 0.3) is 5.91 Å². The number of carbonyl (C=O) groups excluding carboxylic acids is 1. The maximum absolute atomic E-state index is 12.7. The normalized spacial score (nSPS) is 14.3. The van der Waals surface area contributed by atoms with Crippen LogP contribution in [0.15, 0.2) is 66.7 Å². The lowest BCUT2D eigenvalue weighted by Crippen LogP contribution is -2.46. The van der Waals surface area contributed by atoms with Crippen LogP contribution in [0.5, 0.6) is 5.75 Å². The summed E-state index contributed by atoms with van der Waals surface area (Å²) in [5, 5.41) is 3.06. The first-order valence-corrected chi connectivity index (χ1v) is 11.1. The summed E-state index contributed by atoms with van der Waals surface area (Å²) < 4.78 is 5.51. The molecule has 1 aliphatic heterocycles. The van der Waals surface area contributed by atoms with Gasteiger partial charge in [0.2, 0.25) is 0 Å². The molecule has 0 unspecified atom stereocenters. The molecule has 0 bridgehead atoms. The molecule has 4 rings (SSSR count). The molecule has 1 saturated heterocycles. The molecule has 0 saturated carbocycles. The predicted molar refractivity (Wildman–Crippen MR) is 131 cm³/mol. The van der Waals surface area contributed by atoms with E-state index < -0.39 is 0 Å². The second-order valence-corrected chi connectivity index (χ2v) is 8.35. The van der Waals surface area contributed by atoms with Crippen molar-refractivity contribution in [2.24, 2.45) is 0 Å². The van der Waals surface area contributed by atoms with E-state index in [2.05, 4.69) is 39.4 Å². The zero-order valence-corrected chi connectivity index (χ0v) is 19.1. The smallest absolute Gasteiger partial charge is 0.255 e. The number of methoxy groups -OCH3 is 1. The number of anilines is 2. The summed E-state index contributed by atoms with van der Waals surface area (Å²) in [6, 6.07) is 22.2. The highest BCUT2D eigenvalue weighted by Crippen LogP contribution is 2.28. The van der Waals surface area contributed by atoms with E-state index in [9.17, 15) is 4.79 Å². The number of hydrogen-bond donors (Lipinski definition) is 1. The van der Waals surface area contributed by atoms with Gasteiger partial charge in [-0.3, -0.25) is 9.69 Å². The van der Waals surface area contributed by atoms with Gasteiger partial charge in [0.05, 0.1) is 12.8 Å². The number of hydrogen-bond acceptors (Lipinski definition) is 4. The minimum atomic E-state index is -0.0700. The van der Waals surface area contributed by atoms with E-state index in [4.69, 9.17) is 4.74 Å². The molecule has 1 fully saturated rings. The summed E-state index contributed by atoms with van der Waals surface area (Å²) in [6.07, 6.45) is 0. The lowest BCUT2D eigenvalue weighted by Gasteiger charge is -2.36. The van der Waals surface area contributed by atoms with E-state index in [0.29, 0.717) is 5.56 Å². The molecular weight excluding hydrogens is 398 g/mol. The summed E-state index contributed by atoms with van der Waals surface area (Å²) in [4.78, 5) is 17.5. The first kappa shape index (κ1) is 21.9. The molecule has 1 heterocycles. The van der Waals surface area contributed by atoms with Gasteiger partial charge in [-0.1, -0.05) is 42.5 Å². The van der Waals surface area contributed by atoms with E-state index >= 15 is 0 Å². The van der Waals surface area contributed by atoms with Gasteiger partial charge in [0, 0.05) is 44.0 Å². The molecule has 1 N–H and O–H groups in total. The lowest BCUT2D eigenvalue weighted by molar-refractivity contribution is 0.102. The highest BCUT2D eigenvalue weighted by atomic mass is 16.5. The van der Waals surface area contributed by atoms with Crippen molar-refractivity contribution in [1.82, 2.24) is 4.90 Å². The average Bonchev–Trinajstić information content (AvgIpc) is 2.82. The van der Waals surface area contributed by atoms with E-state index in [1.807, 2.05) is 56.3 Å². The van der Waals surface area contributed by atoms with Crippen LogP contribution in [0.4, 0.5) is 11.4 Å². The van der Waals surface area contributed by atoms with Crippen molar-refractivity contribution in [3.05, 3.63) is 89.0 Å². The molecule has 3 aromatic carbocycles. The van der Waals surface area contributed by atoms with Crippen LogP contribution in [0.25, 0.3) is 0 Å². The first-order valence-electron chi connectivity index (χ1n) is 11.1. The number of ether oxygens (including phenoxy) is 1. The third-order valence-electron chi connectivity index (χ3n) is 6.14. The fraction of sp³-hybridized carbons (Fsp3) is 0.296. The van der Waals surface area contributed by atoms with Crippen LogP contribution in [0.2, 0.25) is 0 Å². The molecular formula is C27H31N3O2.